The summed E-state index contributed by atoms with van der Waals surface area (Å²) in [5.41, 5.74) is 10.3. The summed E-state index contributed by atoms with van der Waals surface area (Å²) in [4.78, 5) is 10.6. The zero-order valence-corrected chi connectivity index (χ0v) is 12.7. The number of carbonyl (C=O) groups is 1. The molecule has 0 radical (unpaired) electrons. The first-order chi connectivity index (χ1) is 9.33. The van der Waals surface area contributed by atoms with E-state index in [1.807, 2.05) is 0 Å². The van der Waals surface area contributed by atoms with E-state index in [0.29, 0.717) is 11.3 Å². The second-order valence-corrected chi connectivity index (χ2v) is 7.48. The van der Waals surface area contributed by atoms with E-state index in [-0.39, 0.29) is 15.6 Å². The number of rotatable bonds is 5. The number of thiophene rings is 1. The summed E-state index contributed by atoms with van der Waals surface area (Å²) in [6.45, 7) is 1.24. The van der Waals surface area contributed by atoms with Crippen LogP contribution in [0.3, 0.4) is 0 Å². The van der Waals surface area contributed by atoms with Crippen LogP contribution < -0.4 is 16.8 Å². The van der Waals surface area contributed by atoms with Gasteiger partial charge in [0.25, 0.3) is 5.91 Å². The minimum absolute atomic E-state index is 0.124. The Hall–Kier alpha value is -1.49. The van der Waals surface area contributed by atoms with Crippen LogP contribution in [-0.2, 0) is 9.84 Å². The van der Waals surface area contributed by atoms with Crippen molar-refractivity contribution in [1.29, 1.82) is 0 Å². The quantitative estimate of drug-likeness (QED) is 0.749. The smallest absolute Gasteiger partial charge is 0.391 e. The van der Waals surface area contributed by atoms with E-state index in [1.165, 1.54) is 6.92 Å². The lowest BCUT2D eigenvalue weighted by Crippen LogP contribution is -2.24. The van der Waals surface area contributed by atoms with Gasteiger partial charge in [-0.05, 0) is 6.92 Å². The molecule has 120 valence electrons. The Labute approximate surface area is 123 Å². The van der Waals surface area contributed by atoms with E-state index in [2.05, 4.69) is 5.32 Å². The van der Waals surface area contributed by atoms with Crippen molar-refractivity contribution in [2.24, 2.45) is 5.73 Å². The summed E-state index contributed by atoms with van der Waals surface area (Å²) in [7, 11) is -3.83. The number of nitrogen functional groups attached to an aromatic ring is 1. The minimum atomic E-state index is -4.41. The highest BCUT2D eigenvalue weighted by Gasteiger charge is 2.32. The van der Waals surface area contributed by atoms with Gasteiger partial charge in [-0.3, -0.25) is 4.79 Å². The standard InChI is InChI=1S/C10H14F3N3O3S2/c1-4(3-10(11,12)13)16-9-7(21(2,18)19)5(14)6(20-9)8(15)17/h4,16H,3,14H2,1-2H3,(H2,15,17). The van der Waals surface area contributed by atoms with Crippen molar-refractivity contribution in [3.63, 3.8) is 0 Å². The van der Waals surface area contributed by atoms with Crippen molar-refractivity contribution in [3.8, 4) is 0 Å². The topological polar surface area (TPSA) is 115 Å². The number of sulfone groups is 1. The highest BCUT2D eigenvalue weighted by molar-refractivity contribution is 7.91. The number of nitrogens with one attached hydrogen (secondary N) is 1. The predicted octanol–water partition coefficient (Wildman–Crippen LogP) is 1.59. The number of alkyl halides is 3. The molecule has 1 atom stereocenters. The Kier molecular flexibility index (Phi) is 4.78. The maximum Gasteiger partial charge on any atom is 0.391 e. The Morgan fingerprint density at radius 1 is 1.43 bits per heavy atom. The molecule has 0 saturated carbocycles. The Bertz CT molecular complexity index is 652. The van der Waals surface area contributed by atoms with Gasteiger partial charge in [0.05, 0.1) is 12.1 Å². The highest BCUT2D eigenvalue weighted by atomic mass is 32.2. The van der Waals surface area contributed by atoms with Crippen LogP contribution in [0.1, 0.15) is 23.0 Å². The molecule has 1 aromatic heterocycles. The SMILES string of the molecule is CC(CC(F)(F)F)Nc1sc(C(N)=O)c(N)c1S(C)(=O)=O. The van der Waals surface area contributed by atoms with Crippen molar-refractivity contribution < 1.29 is 26.4 Å². The third kappa shape index (κ3) is 4.49. The van der Waals surface area contributed by atoms with Gasteiger partial charge in [0.2, 0.25) is 0 Å². The molecule has 11 heteroatoms. The van der Waals surface area contributed by atoms with Gasteiger partial charge in [-0.1, -0.05) is 0 Å². The van der Waals surface area contributed by atoms with E-state index in [1.54, 1.807) is 0 Å². The van der Waals surface area contributed by atoms with Crippen LogP contribution in [0.5, 0.6) is 0 Å². The molecule has 0 bridgehead atoms. The van der Waals surface area contributed by atoms with Crippen molar-refractivity contribution in [2.75, 3.05) is 17.3 Å². The van der Waals surface area contributed by atoms with E-state index in [4.69, 9.17) is 11.5 Å². The van der Waals surface area contributed by atoms with Crippen LogP contribution in [0.15, 0.2) is 4.90 Å². The average molecular weight is 345 g/mol. The van der Waals surface area contributed by atoms with Crippen molar-refractivity contribution >= 4 is 37.8 Å². The van der Waals surface area contributed by atoms with Gasteiger partial charge < -0.3 is 16.8 Å². The number of hydrogen-bond donors (Lipinski definition) is 3. The van der Waals surface area contributed by atoms with E-state index >= 15 is 0 Å². The third-order valence-corrected chi connectivity index (χ3v) is 4.86. The van der Waals surface area contributed by atoms with E-state index in [0.717, 1.165) is 6.26 Å². The summed E-state index contributed by atoms with van der Waals surface area (Å²) in [5.74, 6) is -0.945. The summed E-state index contributed by atoms with van der Waals surface area (Å²) >= 11 is 0.618. The molecule has 6 nitrogen and oxygen atoms in total. The van der Waals surface area contributed by atoms with E-state index in [9.17, 15) is 26.4 Å². The van der Waals surface area contributed by atoms with Crippen LogP contribution in [0, 0.1) is 0 Å². The van der Waals surface area contributed by atoms with Crippen LogP contribution in [0.25, 0.3) is 0 Å². The molecule has 1 unspecified atom stereocenters. The van der Waals surface area contributed by atoms with Crippen LogP contribution >= 0.6 is 11.3 Å². The molecule has 0 saturated heterocycles. The maximum atomic E-state index is 12.3. The molecule has 1 rings (SSSR count). The molecule has 5 N–H and O–H groups in total. The number of nitrogens with two attached hydrogens (primary N) is 2. The van der Waals surface area contributed by atoms with Gasteiger partial charge in [0, 0.05) is 12.3 Å². The van der Waals surface area contributed by atoms with Gasteiger partial charge in [0.15, 0.2) is 9.84 Å². The second kappa shape index (κ2) is 5.72. The summed E-state index contributed by atoms with van der Waals surface area (Å²) in [5, 5.41) is 2.30. The van der Waals surface area contributed by atoms with Crippen molar-refractivity contribution in [2.45, 2.75) is 30.5 Å². The molecule has 1 amide bonds. The van der Waals surface area contributed by atoms with Crippen LogP contribution in [-0.4, -0.2) is 32.8 Å². The molecule has 0 aliphatic carbocycles. The molecular weight excluding hydrogens is 331 g/mol. The number of anilines is 2. The molecule has 21 heavy (non-hydrogen) atoms. The maximum absolute atomic E-state index is 12.3. The fraction of sp³-hybridized carbons (Fsp3) is 0.500. The first kappa shape index (κ1) is 17.6. The molecule has 0 aliphatic rings. The van der Waals surface area contributed by atoms with Gasteiger partial charge in [-0.2, -0.15) is 13.2 Å². The van der Waals surface area contributed by atoms with Gasteiger partial charge in [-0.15, -0.1) is 11.3 Å². The van der Waals surface area contributed by atoms with Crippen molar-refractivity contribution in [1.82, 2.24) is 0 Å². The first-order valence-electron chi connectivity index (χ1n) is 5.58. The summed E-state index contributed by atoms with van der Waals surface area (Å²) < 4.78 is 60.3. The van der Waals surface area contributed by atoms with E-state index < -0.39 is 39.3 Å². The Balaban J connectivity index is 3.24. The van der Waals surface area contributed by atoms with Crippen LogP contribution in [0.2, 0.25) is 0 Å². The largest absolute Gasteiger partial charge is 0.396 e. The minimum Gasteiger partial charge on any atom is -0.396 e. The average Bonchev–Trinajstić information content (AvgIpc) is 2.51. The van der Waals surface area contributed by atoms with Crippen molar-refractivity contribution in [3.05, 3.63) is 4.88 Å². The van der Waals surface area contributed by atoms with Crippen LogP contribution in [0.4, 0.5) is 23.9 Å². The lowest BCUT2D eigenvalue weighted by molar-refractivity contribution is -0.136. The molecule has 1 aromatic rings. The Morgan fingerprint density at radius 2 is 1.95 bits per heavy atom. The lowest BCUT2D eigenvalue weighted by atomic mass is 10.2. The molecule has 0 aliphatic heterocycles. The zero-order valence-electron chi connectivity index (χ0n) is 11.1. The van der Waals surface area contributed by atoms with Gasteiger partial charge in [-0.25, -0.2) is 8.42 Å². The van der Waals surface area contributed by atoms with Gasteiger partial charge >= 0.3 is 6.18 Å². The molecule has 0 fully saturated rings. The molecule has 0 spiro atoms. The monoisotopic (exact) mass is 345 g/mol. The molecular formula is C10H14F3N3O3S2. The normalized spacial score (nSPS) is 14.0. The number of carbonyl (C=O) groups excluding carboxylic acids is 1. The number of primary amides is 1. The number of halogens is 3. The summed E-state index contributed by atoms with van der Waals surface area (Å²) in [6.07, 6.45) is -4.73. The zero-order chi connectivity index (χ0) is 16.6. The predicted molar refractivity (Wildman–Crippen MR) is 74.1 cm³/mol. The fourth-order valence-corrected chi connectivity index (χ4v) is 4.22. The second-order valence-electron chi connectivity index (χ2n) is 4.50. The lowest BCUT2D eigenvalue weighted by Gasteiger charge is -2.16. The summed E-state index contributed by atoms with van der Waals surface area (Å²) in [6, 6.07) is -1.09. The highest BCUT2D eigenvalue weighted by Crippen LogP contribution is 2.39. The number of amides is 1. The molecule has 1 heterocycles. The first-order valence-corrected chi connectivity index (χ1v) is 8.29. The number of hydrogen-bond acceptors (Lipinski definition) is 6. The fourth-order valence-electron chi connectivity index (χ4n) is 1.70. The van der Waals surface area contributed by atoms with Gasteiger partial charge in [0.1, 0.15) is 14.8 Å². The molecule has 0 aromatic carbocycles. The Morgan fingerprint density at radius 3 is 2.33 bits per heavy atom. The third-order valence-electron chi connectivity index (χ3n) is 2.41.